The lowest BCUT2D eigenvalue weighted by Crippen LogP contribution is -2.51. The highest BCUT2D eigenvalue weighted by atomic mass is 127. The second kappa shape index (κ2) is 11.0. The van der Waals surface area contributed by atoms with Crippen molar-refractivity contribution in [1.82, 2.24) is 15.5 Å². The Morgan fingerprint density at radius 2 is 1.88 bits per heavy atom. The van der Waals surface area contributed by atoms with Crippen molar-refractivity contribution < 1.29 is 4.74 Å². The Morgan fingerprint density at radius 3 is 2.44 bits per heavy atom. The quantitative estimate of drug-likeness (QED) is 0.390. The first-order valence-corrected chi connectivity index (χ1v) is 8.92. The van der Waals surface area contributed by atoms with Gasteiger partial charge in [-0.1, -0.05) is 30.3 Å². The molecule has 0 spiro atoms. The molecule has 1 heterocycles. The lowest BCUT2D eigenvalue weighted by Gasteiger charge is -2.41. The number of hydrogen-bond acceptors (Lipinski definition) is 3. The van der Waals surface area contributed by atoms with E-state index in [9.17, 15) is 0 Å². The average molecular weight is 460 g/mol. The predicted octanol–water partition coefficient (Wildman–Crippen LogP) is 3.03. The summed E-state index contributed by atoms with van der Waals surface area (Å²) in [6, 6.07) is 10.7. The van der Waals surface area contributed by atoms with E-state index in [-0.39, 0.29) is 35.6 Å². The van der Waals surface area contributed by atoms with Gasteiger partial charge in [-0.3, -0.25) is 4.99 Å². The average Bonchev–Trinajstić information content (AvgIpc) is 2.61. The summed E-state index contributed by atoms with van der Waals surface area (Å²) in [5.41, 5.74) is 1.35. The first kappa shape index (κ1) is 22.2. The van der Waals surface area contributed by atoms with E-state index in [4.69, 9.17) is 9.73 Å². The maximum atomic E-state index is 5.55. The van der Waals surface area contributed by atoms with E-state index < -0.39 is 0 Å². The normalized spacial score (nSPS) is 18.4. The smallest absolute Gasteiger partial charge is 0.191 e. The van der Waals surface area contributed by atoms with Crippen molar-refractivity contribution in [3.8, 4) is 0 Å². The molecule has 1 saturated heterocycles. The molecule has 142 valence electrons. The number of likely N-dealkylation sites (N-methyl/N-ethyl adjacent to an activating group) is 1. The van der Waals surface area contributed by atoms with Crippen LogP contribution >= 0.6 is 24.0 Å². The van der Waals surface area contributed by atoms with E-state index in [2.05, 4.69) is 67.7 Å². The number of guanidine groups is 1. The molecule has 1 atom stereocenters. The van der Waals surface area contributed by atoms with Gasteiger partial charge in [0.25, 0.3) is 0 Å². The highest BCUT2D eigenvalue weighted by Crippen LogP contribution is 2.26. The molecule has 0 aliphatic carbocycles. The van der Waals surface area contributed by atoms with Crippen LogP contribution in [0.2, 0.25) is 0 Å². The molecule has 5 nitrogen and oxygen atoms in total. The number of rotatable bonds is 6. The first-order valence-electron chi connectivity index (χ1n) is 8.92. The molecule has 1 aliphatic heterocycles. The van der Waals surface area contributed by atoms with Gasteiger partial charge in [0.1, 0.15) is 0 Å². The molecule has 2 N–H and O–H groups in total. The van der Waals surface area contributed by atoms with Crippen LogP contribution in [-0.4, -0.2) is 56.8 Å². The summed E-state index contributed by atoms with van der Waals surface area (Å²) in [7, 11) is 4.29. The molecular formula is C19H33IN4O. The van der Waals surface area contributed by atoms with Gasteiger partial charge in [-0.2, -0.15) is 0 Å². The molecule has 6 heteroatoms. The van der Waals surface area contributed by atoms with Gasteiger partial charge in [-0.25, -0.2) is 0 Å². The maximum absolute atomic E-state index is 5.55. The number of aliphatic imine (C=N–C) groups is 1. The Morgan fingerprint density at radius 1 is 1.24 bits per heavy atom. The number of benzene rings is 1. The monoisotopic (exact) mass is 460 g/mol. The highest BCUT2D eigenvalue weighted by molar-refractivity contribution is 14.0. The molecule has 1 aromatic carbocycles. The zero-order chi connectivity index (χ0) is 17.4. The van der Waals surface area contributed by atoms with E-state index in [0.29, 0.717) is 0 Å². The zero-order valence-corrected chi connectivity index (χ0v) is 18.2. The van der Waals surface area contributed by atoms with Gasteiger partial charge in [0.2, 0.25) is 0 Å². The highest BCUT2D eigenvalue weighted by Gasteiger charge is 2.34. The fourth-order valence-corrected chi connectivity index (χ4v) is 3.07. The topological polar surface area (TPSA) is 48.9 Å². The van der Waals surface area contributed by atoms with Crippen LogP contribution < -0.4 is 10.6 Å². The van der Waals surface area contributed by atoms with Crippen molar-refractivity contribution in [1.29, 1.82) is 0 Å². The Kier molecular flexibility index (Phi) is 9.74. The molecule has 1 aromatic rings. The SMILES string of the molecule is CCNC(=NCC1(N(C)C)CCOCC1)NC(C)c1ccccc1.I. The first-order chi connectivity index (χ1) is 11.6. The van der Waals surface area contributed by atoms with Crippen molar-refractivity contribution in [2.75, 3.05) is 40.4 Å². The van der Waals surface area contributed by atoms with Crippen LogP contribution in [0.3, 0.4) is 0 Å². The van der Waals surface area contributed by atoms with Crippen molar-refractivity contribution in [3.05, 3.63) is 35.9 Å². The van der Waals surface area contributed by atoms with Gasteiger partial charge in [0, 0.05) is 25.3 Å². The van der Waals surface area contributed by atoms with E-state index in [1.807, 2.05) is 6.07 Å². The Labute approximate surface area is 169 Å². The molecule has 0 radical (unpaired) electrons. The van der Waals surface area contributed by atoms with E-state index in [1.54, 1.807) is 0 Å². The summed E-state index contributed by atoms with van der Waals surface area (Å²) < 4.78 is 5.55. The van der Waals surface area contributed by atoms with E-state index in [1.165, 1.54) is 5.56 Å². The van der Waals surface area contributed by atoms with Crippen LogP contribution in [-0.2, 0) is 4.74 Å². The largest absolute Gasteiger partial charge is 0.381 e. The van der Waals surface area contributed by atoms with E-state index in [0.717, 1.165) is 45.1 Å². The summed E-state index contributed by atoms with van der Waals surface area (Å²) in [5, 5.41) is 6.89. The third kappa shape index (κ3) is 6.42. The molecule has 1 unspecified atom stereocenters. The summed E-state index contributed by atoms with van der Waals surface area (Å²) in [5.74, 6) is 0.876. The molecular weight excluding hydrogens is 427 g/mol. The van der Waals surface area contributed by atoms with Gasteiger partial charge in [-0.15, -0.1) is 24.0 Å². The van der Waals surface area contributed by atoms with Gasteiger partial charge in [-0.05, 0) is 46.3 Å². The molecule has 1 aliphatic rings. The van der Waals surface area contributed by atoms with E-state index >= 15 is 0 Å². The van der Waals surface area contributed by atoms with Gasteiger partial charge >= 0.3 is 0 Å². The lowest BCUT2D eigenvalue weighted by molar-refractivity contribution is -0.00255. The molecule has 2 rings (SSSR count). The van der Waals surface area contributed by atoms with Crippen LogP contribution in [0.25, 0.3) is 0 Å². The molecule has 0 amide bonds. The number of halogens is 1. The Balaban J connectivity index is 0.00000312. The van der Waals surface area contributed by atoms with Gasteiger partial charge in [0.15, 0.2) is 5.96 Å². The Bertz CT molecular complexity index is 515. The van der Waals surface area contributed by atoms with Crippen LogP contribution in [0.15, 0.2) is 35.3 Å². The summed E-state index contributed by atoms with van der Waals surface area (Å²) in [6.07, 6.45) is 2.05. The summed E-state index contributed by atoms with van der Waals surface area (Å²) in [6.45, 7) is 7.53. The molecule has 0 bridgehead atoms. The molecule has 25 heavy (non-hydrogen) atoms. The maximum Gasteiger partial charge on any atom is 0.191 e. The number of ether oxygens (including phenoxy) is 1. The van der Waals surface area contributed by atoms with Crippen molar-refractivity contribution in [2.24, 2.45) is 4.99 Å². The third-order valence-electron chi connectivity index (χ3n) is 4.90. The summed E-state index contributed by atoms with van der Waals surface area (Å²) in [4.78, 5) is 7.20. The van der Waals surface area contributed by atoms with Crippen molar-refractivity contribution in [2.45, 2.75) is 38.3 Å². The fraction of sp³-hybridized carbons (Fsp3) is 0.632. The van der Waals surface area contributed by atoms with Crippen LogP contribution in [0, 0.1) is 0 Å². The van der Waals surface area contributed by atoms with Crippen molar-refractivity contribution >= 4 is 29.9 Å². The standard InChI is InChI=1S/C19H32N4O.HI/c1-5-20-18(22-16(2)17-9-7-6-8-10-17)21-15-19(23(3)4)11-13-24-14-12-19;/h6-10,16H,5,11-15H2,1-4H3,(H2,20,21,22);1H. The summed E-state index contributed by atoms with van der Waals surface area (Å²) >= 11 is 0. The van der Waals surface area contributed by atoms with Crippen molar-refractivity contribution in [3.63, 3.8) is 0 Å². The van der Waals surface area contributed by atoms with Crippen LogP contribution in [0.4, 0.5) is 0 Å². The molecule has 1 fully saturated rings. The second-order valence-electron chi connectivity index (χ2n) is 6.70. The lowest BCUT2D eigenvalue weighted by atomic mass is 9.89. The molecule has 0 saturated carbocycles. The zero-order valence-electron chi connectivity index (χ0n) is 15.9. The van der Waals surface area contributed by atoms with Crippen LogP contribution in [0.1, 0.15) is 38.3 Å². The second-order valence-corrected chi connectivity index (χ2v) is 6.70. The number of nitrogens with zero attached hydrogens (tertiary/aromatic N) is 2. The third-order valence-corrected chi connectivity index (χ3v) is 4.90. The molecule has 0 aromatic heterocycles. The predicted molar refractivity (Wildman–Crippen MR) is 116 cm³/mol. The van der Waals surface area contributed by atoms with Crippen LogP contribution in [0.5, 0.6) is 0 Å². The Hall–Kier alpha value is -0.860. The fourth-order valence-electron chi connectivity index (χ4n) is 3.07. The minimum atomic E-state index is 0. The van der Waals surface area contributed by atoms with Gasteiger partial charge < -0.3 is 20.3 Å². The number of nitrogens with one attached hydrogen (secondary N) is 2. The minimum Gasteiger partial charge on any atom is -0.381 e. The van der Waals surface area contributed by atoms with Gasteiger partial charge in [0.05, 0.1) is 12.6 Å². The minimum absolute atomic E-state index is 0. The number of hydrogen-bond donors (Lipinski definition) is 2.